The van der Waals surface area contributed by atoms with Crippen LogP contribution in [0.3, 0.4) is 0 Å². The normalized spacial score (nSPS) is 15.8. The lowest BCUT2D eigenvalue weighted by Crippen LogP contribution is -2.51. The zero-order valence-corrected chi connectivity index (χ0v) is 24.3. The number of benzene rings is 3. The second kappa shape index (κ2) is 11.2. The summed E-state index contributed by atoms with van der Waals surface area (Å²) < 4.78 is 45.5. The molecule has 39 heavy (non-hydrogen) atoms. The van der Waals surface area contributed by atoms with Gasteiger partial charge in [0.05, 0.1) is 37.4 Å². The van der Waals surface area contributed by atoms with Crippen LogP contribution in [0.15, 0.2) is 59.5 Å². The third-order valence-electron chi connectivity index (χ3n) is 6.99. The third-order valence-corrected chi connectivity index (χ3v) is 8.78. The van der Waals surface area contributed by atoms with Crippen molar-refractivity contribution >= 4 is 21.6 Å². The van der Waals surface area contributed by atoms with E-state index in [4.69, 9.17) is 14.2 Å². The van der Waals surface area contributed by atoms with Crippen molar-refractivity contribution in [1.29, 1.82) is 0 Å². The number of aryl methyl sites for hydroxylation is 2. The molecule has 0 saturated heterocycles. The Morgan fingerprint density at radius 1 is 0.974 bits per heavy atom. The summed E-state index contributed by atoms with van der Waals surface area (Å²) in [6.07, 6.45) is -1.04. The molecule has 0 spiro atoms. The molecule has 0 aliphatic carbocycles. The maximum Gasteiger partial charge on any atom is 0.264 e. The van der Waals surface area contributed by atoms with Crippen LogP contribution in [0.2, 0.25) is 0 Å². The first-order valence-electron chi connectivity index (χ1n) is 12.9. The van der Waals surface area contributed by atoms with Crippen LogP contribution in [0.5, 0.6) is 17.2 Å². The van der Waals surface area contributed by atoms with Crippen LogP contribution in [-0.4, -0.2) is 41.2 Å². The Kier molecular flexibility index (Phi) is 8.11. The highest BCUT2D eigenvalue weighted by atomic mass is 32.2. The molecule has 0 saturated carbocycles. The van der Waals surface area contributed by atoms with Crippen LogP contribution < -0.4 is 23.8 Å². The van der Waals surface area contributed by atoms with Crippen LogP contribution in [0.1, 0.15) is 55.0 Å². The molecule has 1 aliphatic rings. The average molecular weight is 553 g/mol. The Balaban J connectivity index is 1.64. The molecule has 1 aliphatic heterocycles. The molecule has 0 radical (unpaired) electrons. The lowest BCUT2D eigenvalue weighted by molar-refractivity contribution is -0.128. The fourth-order valence-corrected chi connectivity index (χ4v) is 6.27. The number of nitrogens with zero attached hydrogens (tertiary/aromatic N) is 1. The number of amides is 1. The van der Waals surface area contributed by atoms with Crippen molar-refractivity contribution < 1.29 is 27.4 Å². The van der Waals surface area contributed by atoms with E-state index in [1.165, 1.54) is 23.5 Å². The van der Waals surface area contributed by atoms with Gasteiger partial charge in [-0.2, -0.15) is 0 Å². The number of ether oxygens (including phenoxy) is 3. The number of methoxy groups -OCH3 is 2. The van der Waals surface area contributed by atoms with Crippen molar-refractivity contribution in [2.75, 3.05) is 25.1 Å². The van der Waals surface area contributed by atoms with E-state index >= 15 is 0 Å². The molecular formula is C30H36N2O6S. The van der Waals surface area contributed by atoms with E-state index in [1.54, 1.807) is 31.4 Å². The highest BCUT2D eigenvalue weighted by molar-refractivity contribution is 7.92. The summed E-state index contributed by atoms with van der Waals surface area (Å²) in [6, 6.07) is 15.1. The van der Waals surface area contributed by atoms with Crippen LogP contribution >= 0.6 is 0 Å². The Bertz CT molecular complexity index is 1470. The highest BCUT2D eigenvalue weighted by Crippen LogP contribution is 2.38. The summed E-state index contributed by atoms with van der Waals surface area (Å²) in [4.78, 5) is 13.6. The molecule has 9 heteroatoms. The summed E-state index contributed by atoms with van der Waals surface area (Å²) in [7, 11) is -0.817. The molecular weight excluding hydrogens is 516 g/mol. The fraction of sp³-hybridized carbons (Fsp3) is 0.367. The maximum atomic E-state index is 13.7. The Hall–Kier alpha value is -3.72. The van der Waals surface area contributed by atoms with Crippen LogP contribution in [0, 0.1) is 13.8 Å². The zero-order valence-electron chi connectivity index (χ0n) is 23.4. The van der Waals surface area contributed by atoms with Gasteiger partial charge in [0.15, 0.2) is 6.10 Å². The Labute approximate surface area is 230 Å². The number of hydrogen-bond donors (Lipinski definition) is 1. The van der Waals surface area contributed by atoms with Gasteiger partial charge >= 0.3 is 0 Å². The van der Waals surface area contributed by atoms with Gasteiger partial charge in [0.1, 0.15) is 17.2 Å². The summed E-state index contributed by atoms with van der Waals surface area (Å²) in [5.74, 6) is 1.54. The molecule has 0 aromatic heterocycles. The third kappa shape index (κ3) is 5.68. The quantitative estimate of drug-likeness (QED) is 0.409. The molecule has 0 bridgehead atoms. The number of rotatable bonds is 8. The molecule has 1 heterocycles. The van der Waals surface area contributed by atoms with E-state index in [-0.39, 0.29) is 23.4 Å². The SMILES string of the molecule is COc1ccc(S(=O)(=O)N2C[C@H](C(=O)N[C@@H](C)c3cc(C(C)C)c(OC)cc3C)Oc3cc(C)ccc32)cc1. The predicted molar refractivity (Wildman–Crippen MR) is 151 cm³/mol. The molecule has 1 amide bonds. The number of sulfonamides is 1. The molecule has 3 aromatic rings. The van der Waals surface area contributed by atoms with Crippen molar-refractivity contribution in [3.8, 4) is 17.2 Å². The molecule has 208 valence electrons. The van der Waals surface area contributed by atoms with Gasteiger partial charge in [-0.3, -0.25) is 9.10 Å². The molecule has 1 N–H and O–H groups in total. The molecule has 3 aromatic carbocycles. The Morgan fingerprint density at radius 2 is 1.67 bits per heavy atom. The fourth-order valence-electron chi connectivity index (χ4n) is 4.79. The van der Waals surface area contributed by atoms with Crippen molar-refractivity contribution in [3.05, 3.63) is 76.9 Å². The van der Waals surface area contributed by atoms with E-state index in [1.807, 2.05) is 32.9 Å². The average Bonchev–Trinajstić information content (AvgIpc) is 2.91. The number of anilines is 1. The summed E-state index contributed by atoms with van der Waals surface area (Å²) in [5.41, 5.74) is 4.27. The van der Waals surface area contributed by atoms with Crippen molar-refractivity contribution in [3.63, 3.8) is 0 Å². The molecule has 0 unspecified atom stereocenters. The summed E-state index contributed by atoms with van der Waals surface area (Å²) in [5, 5.41) is 3.04. The van der Waals surface area contributed by atoms with Gasteiger partial charge < -0.3 is 19.5 Å². The lowest BCUT2D eigenvalue weighted by atomic mass is 9.93. The van der Waals surface area contributed by atoms with Crippen molar-refractivity contribution in [2.45, 2.75) is 57.6 Å². The first kappa shape index (κ1) is 28.3. The number of carbonyl (C=O) groups is 1. The highest BCUT2D eigenvalue weighted by Gasteiger charge is 2.38. The number of nitrogens with one attached hydrogen (secondary N) is 1. The summed E-state index contributed by atoms with van der Waals surface area (Å²) >= 11 is 0. The minimum atomic E-state index is -3.99. The van der Waals surface area contributed by atoms with Crippen molar-refractivity contribution in [1.82, 2.24) is 5.32 Å². The van der Waals surface area contributed by atoms with E-state index in [9.17, 15) is 13.2 Å². The van der Waals surface area contributed by atoms with Gasteiger partial charge in [-0.15, -0.1) is 0 Å². The topological polar surface area (TPSA) is 94.2 Å². The number of carbonyl (C=O) groups excluding carboxylic acids is 1. The van der Waals surface area contributed by atoms with E-state index < -0.39 is 22.0 Å². The van der Waals surface area contributed by atoms with Gasteiger partial charge in [0.25, 0.3) is 15.9 Å². The minimum absolute atomic E-state index is 0.0966. The Morgan fingerprint density at radius 3 is 2.28 bits per heavy atom. The van der Waals surface area contributed by atoms with Gasteiger partial charge in [-0.1, -0.05) is 19.9 Å². The van der Waals surface area contributed by atoms with Crippen LogP contribution in [-0.2, 0) is 14.8 Å². The second-order valence-corrected chi connectivity index (χ2v) is 12.0. The van der Waals surface area contributed by atoms with E-state index in [0.717, 1.165) is 28.0 Å². The monoisotopic (exact) mass is 552 g/mol. The zero-order chi connectivity index (χ0) is 28.5. The lowest BCUT2D eigenvalue weighted by Gasteiger charge is -2.35. The van der Waals surface area contributed by atoms with Gasteiger partial charge in [0, 0.05) is 0 Å². The number of hydrogen-bond acceptors (Lipinski definition) is 6. The van der Waals surface area contributed by atoms with Gasteiger partial charge in [-0.25, -0.2) is 8.42 Å². The number of fused-ring (bicyclic) bond motifs is 1. The molecule has 0 fully saturated rings. The first-order valence-corrected chi connectivity index (χ1v) is 14.3. The van der Waals surface area contributed by atoms with Crippen LogP contribution in [0.25, 0.3) is 0 Å². The first-order chi connectivity index (χ1) is 18.5. The van der Waals surface area contributed by atoms with E-state index in [0.29, 0.717) is 17.2 Å². The molecule has 4 rings (SSSR count). The van der Waals surface area contributed by atoms with Crippen LogP contribution in [0.4, 0.5) is 5.69 Å². The summed E-state index contributed by atoms with van der Waals surface area (Å²) in [6.45, 7) is 9.78. The second-order valence-electron chi connectivity index (χ2n) is 10.1. The molecule has 2 atom stereocenters. The van der Waals surface area contributed by atoms with E-state index in [2.05, 4.69) is 25.2 Å². The maximum absolute atomic E-state index is 13.7. The predicted octanol–water partition coefficient (Wildman–Crippen LogP) is 5.28. The largest absolute Gasteiger partial charge is 0.497 e. The standard InChI is InChI=1S/C30H36N2O6S/c1-18(2)24-16-25(20(4)15-27(24)37-7)21(5)31-30(33)29-17-32(26-13-8-19(3)14-28(26)38-29)39(34,35)23-11-9-22(36-6)10-12-23/h8-16,18,21,29H,17H2,1-7H3,(H,31,33)/t21-,29+/m0/s1. The van der Waals surface area contributed by atoms with Gasteiger partial charge in [-0.05, 0) is 97.5 Å². The van der Waals surface area contributed by atoms with Crippen molar-refractivity contribution in [2.24, 2.45) is 0 Å². The minimum Gasteiger partial charge on any atom is -0.497 e. The smallest absolute Gasteiger partial charge is 0.264 e. The molecule has 8 nitrogen and oxygen atoms in total. The van der Waals surface area contributed by atoms with Gasteiger partial charge in [0.2, 0.25) is 0 Å².